The molecule has 1 amide bonds. The number of likely N-dealkylation sites (N-methyl/N-ethyl adjacent to an activating group) is 1. The number of rotatable bonds is 7. The minimum atomic E-state index is 0.101. The molecule has 0 rings (SSSR count). The number of hydrogen-bond acceptors (Lipinski definition) is 2. The van der Waals surface area contributed by atoms with Gasteiger partial charge in [0, 0.05) is 19.6 Å². The molecule has 0 heterocycles. The van der Waals surface area contributed by atoms with Crippen LogP contribution in [0, 0.1) is 0 Å². The number of carbonyl (C=O) groups excluding carboxylic acids is 1. The van der Waals surface area contributed by atoms with E-state index in [4.69, 9.17) is 0 Å². The van der Waals surface area contributed by atoms with E-state index in [1.165, 1.54) is 0 Å². The van der Waals surface area contributed by atoms with Crippen molar-refractivity contribution in [1.29, 1.82) is 0 Å². The zero-order chi connectivity index (χ0) is 10.1. The third-order valence-electron chi connectivity index (χ3n) is 1.65. The van der Waals surface area contributed by atoms with Gasteiger partial charge in [-0.2, -0.15) is 0 Å². The fourth-order valence-electron chi connectivity index (χ4n) is 0.956. The number of nitrogens with zero attached hydrogens (tertiary/aromatic N) is 1. The van der Waals surface area contributed by atoms with E-state index in [2.05, 4.69) is 18.5 Å². The summed E-state index contributed by atoms with van der Waals surface area (Å²) in [6.45, 7) is 11.5. The molecular formula is C10H18N2O. The summed E-state index contributed by atoms with van der Waals surface area (Å²) in [4.78, 5) is 13.2. The standard InChI is InChI=1S/C10H18N2O/c1-4-7-11-9-10(13)12(6-3)8-5-2/h4-5,11H,1-2,6-9H2,3H3. The average Bonchev–Trinajstić information content (AvgIpc) is 2.14. The Hall–Kier alpha value is -1.09. The maximum Gasteiger partial charge on any atom is 0.236 e. The smallest absolute Gasteiger partial charge is 0.236 e. The first kappa shape index (κ1) is 11.9. The van der Waals surface area contributed by atoms with E-state index in [9.17, 15) is 4.79 Å². The molecule has 3 heteroatoms. The molecule has 0 unspecified atom stereocenters. The van der Waals surface area contributed by atoms with E-state index in [0.29, 0.717) is 19.6 Å². The lowest BCUT2D eigenvalue weighted by Crippen LogP contribution is -2.38. The maximum atomic E-state index is 11.4. The Morgan fingerprint density at radius 1 is 1.46 bits per heavy atom. The summed E-state index contributed by atoms with van der Waals surface area (Å²) in [5, 5.41) is 2.96. The van der Waals surface area contributed by atoms with E-state index >= 15 is 0 Å². The SMILES string of the molecule is C=CCNCC(=O)N(CC)CC=C. The number of amides is 1. The molecule has 74 valence electrons. The van der Waals surface area contributed by atoms with E-state index in [1.54, 1.807) is 17.1 Å². The zero-order valence-corrected chi connectivity index (χ0v) is 8.25. The van der Waals surface area contributed by atoms with Crippen molar-refractivity contribution >= 4 is 5.91 Å². The van der Waals surface area contributed by atoms with Gasteiger partial charge in [0.25, 0.3) is 0 Å². The summed E-state index contributed by atoms with van der Waals surface area (Å²) >= 11 is 0. The lowest BCUT2D eigenvalue weighted by atomic mass is 10.4. The average molecular weight is 182 g/mol. The summed E-state index contributed by atoms with van der Waals surface area (Å²) in [6.07, 6.45) is 3.46. The Balaban J connectivity index is 3.76. The molecule has 0 radical (unpaired) electrons. The highest BCUT2D eigenvalue weighted by Crippen LogP contribution is 1.88. The first-order valence-electron chi connectivity index (χ1n) is 4.46. The highest BCUT2D eigenvalue weighted by Gasteiger charge is 2.07. The van der Waals surface area contributed by atoms with Gasteiger partial charge in [0.05, 0.1) is 6.54 Å². The van der Waals surface area contributed by atoms with Gasteiger partial charge in [-0.05, 0) is 6.92 Å². The molecule has 0 bridgehead atoms. The summed E-state index contributed by atoms with van der Waals surface area (Å²) < 4.78 is 0. The van der Waals surface area contributed by atoms with Crippen molar-refractivity contribution in [3.05, 3.63) is 25.3 Å². The van der Waals surface area contributed by atoms with E-state index < -0.39 is 0 Å². The van der Waals surface area contributed by atoms with Crippen molar-refractivity contribution in [3.8, 4) is 0 Å². The molecule has 0 aromatic carbocycles. The van der Waals surface area contributed by atoms with Gasteiger partial charge in [-0.25, -0.2) is 0 Å². The monoisotopic (exact) mass is 182 g/mol. The number of nitrogens with one attached hydrogen (secondary N) is 1. The molecule has 13 heavy (non-hydrogen) atoms. The third-order valence-corrected chi connectivity index (χ3v) is 1.65. The Morgan fingerprint density at radius 3 is 2.62 bits per heavy atom. The Kier molecular flexibility index (Phi) is 6.92. The van der Waals surface area contributed by atoms with Crippen LogP contribution in [0.3, 0.4) is 0 Å². The molecule has 0 aromatic heterocycles. The largest absolute Gasteiger partial charge is 0.338 e. The van der Waals surface area contributed by atoms with Gasteiger partial charge >= 0.3 is 0 Å². The highest BCUT2D eigenvalue weighted by atomic mass is 16.2. The topological polar surface area (TPSA) is 32.3 Å². The van der Waals surface area contributed by atoms with E-state index in [1.807, 2.05) is 6.92 Å². The van der Waals surface area contributed by atoms with Gasteiger partial charge in [-0.1, -0.05) is 12.2 Å². The molecule has 0 saturated heterocycles. The van der Waals surface area contributed by atoms with E-state index in [-0.39, 0.29) is 5.91 Å². The Morgan fingerprint density at radius 2 is 2.15 bits per heavy atom. The number of carbonyl (C=O) groups is 1. The number of hydrogen-bond donors (Lipinski definition) is 1. The van der Waals surface area contributed by atoms with Crippen LogP contribution in [-0.4, -0.2) is 37.0 Å². The third kappa shape index (κ3) is 5.20. The summed E-state index contributed by atoms with van der Waals surface area (Å²) in [5.41, 5.74) is 0. The van der Waals surface area contributed by atoms with Gasteiger partial charge in [0.1, 0.15) is 0 Å². The minimum Gasteiger partial charge on any atom is -0.338 e. The zero-order valence-electron chi connectivity index (χ0n) is 8.25. The van der Waals surface area contributed by atoms with Crippen LogP contribution in [0.5, 0.6) is 0 Å². The van der Waals surface area contributed by atoms with Gasteiger partial charge in [-0.3, -0.25) is 4.79 Å². The summed E-state index contributed by atoms with van der Waals surface area (Å²) in [6, 6.07) is 0. The van der Waals surface area contributed by atoms with Crippen LogP contribution >= 0.6 is 0 Å². The second-order valence-corrected chi connectivity index (χ2v) is 2.64. The molecule has 0 aliphatic rings. The van der Waals surface area contributed by atoms with Crippen molar-refractivity contribution in [2.24, 2.45) is 0 Å². The molecule has 3 nitrogen and oxygen atoms in total. The second kappa shape index (κ2) is 7.55. The molecule has 0 spiro atoms. The van der Waals surface area contributed by atoms with Crippen molar-refractivity contribution in [3.63, 3.8) is 0 Å². The lowest BCUT2D eigenvalue weighted by molar-refractivity contribution is -0.129. The fourth-order valence-corrected chi connectivity index (χ4v) is 0.956. The molecule has 0 saturated carbocycles. The van der Waals surface area contributed by atoms with E-state index in [0.717, 1.165) is 6.54 Å². The molecular weight excluding hydrogens is 164 g/mol. The fraction of sp³-hybridized carbons (Fsp3) is 0.500. The summed E-state index contributed by atoms with van der Waals surface area (Å²) in [5.74, 6) is 0.101. The van der Waals surface area contributed by atoms with Crippen LogP contribution in [0.25, 0.3) is 0 Å². The lowest BCUT2D eigenvalue weighted by Gasteiger charge is -2.18. The van der Waals surface area contributed by atoms with Gasteiger partial charge < -0.3 is 10.2 Å². The molecule has 1 N–H and O–H groups in total. The first-order chi connectivity index (χ1) is 6.26. The molecule has 0 atom stereocenters. The normalized spacial score (nSPS) is 9.31. The predicted octanol–water partition coefficient (Wildman–Crippen LogP) is 0.796. The van der Waals surface area contributed by atoms with Crippen molar-refractivity contribution < 1.29 is 4.79 Å². The Bertz CT molecular complexity index is 178. The van der Waals surface area contributed by atoms with Gasteiger partial charge in [0.15, 0.2) is 0 Å². The molecule has 0 fully saturated rings. The minimum absolute atomic E-state index is 0.101. The van der Waals surface area contributed by atoms with Crippen LogP contribution < -0.4 is 5.32 Å². The van der Waals surface area contributed by atoms with Crippen LogP contribution in [0.2, 0.25) is 0 Å². The second-order valence-electron chi connectivity index (χ2n) is 2.64. The van der Waals surface area contributed by atoms with Crippen LogP contribution in [0.4, 0.5) is 0 Å². The molecule has 0 aromatic rings. The predicted molar refractivity (Wildman–Crippen MR) is 55.5 cm³/mol. The van der Waals surface area contributed by atoms with Gasteiger partial charge in [-0.15, -0.1) is 13.2 Å². The Labute approximate surface area is 80.1 Å². The van der Waals surface area contributed by atoms with Crippen LogP contribution in [-0.2, 0) is 4.79 Å². The first-order valence-corrected chi connectivity index (χ1v) is 4.46. The summed E-state index contributed by atoms with van der Waals surface area (Å²) in [7, 11) is 0. The molecule has 0 aliphatic carbocycles. The van der Waals surface area contributed by atoms with Crippen molar-refractivity contribution in [2.45, 2.75) is 6.92 Å². The van der Waals surface area contributed by atoms with Crippen molar-refractivity contribution in [1.82, 2.24) is 10.2 Å². The maximum absolute atomic E-state index is 11.4. The highest BCUT2D eigenvalue weighted by molar-refractivity contribution is 5.78. The van der Waals surface area contributed by atoms with Gasteiger partial charge in [0.2, 0.25) is 5.91 Å². The quantitative estimate of drug-likeness (QED) is 0.466. The van der Waals surface area contributed by atoms with Crippen molar-refractivity contribution in [2.75, 3.05) is 26.2 Å². The van der Waals surface area contributed by atoms with Crippen LogP contribution in [0.1, 0.15) is 6.92 Å². The van der Waals surface area contributed by atoms with Crippen LogP contribution in [0.15, 0.2) is 25.3 Å². The molecule has 0 aliphatic heterocycles.